The van der Waals surface area contributed by atoms with Crippen molar-refractivity contribution < 1.29 is 4.79 Å². The van der Waals surface area contributed by atoms with Gasteiger partial charge in [-0.25, -0.2) is 9.97 Å². The molecule has 6 nitrogen and oxygen atoms in total. The van der Waals surface area contributed by atoms with Gasteiger partial charge >= 0.3 is 0 Å². The van der Waals surface area contributed by atoms with Crippen molar-refractivity contribution in [2.75, 3.05) is 25.5 Å². The topological polar surface area (TPSA) is 73.9 Å². The van der Waals surface area contributed by atoms with Crippen molar-refractivity contribution in [3.05, 3.63) is 41.7 Å². The number of amides is 1. The van der Waals surface area contributed by atoms with Crippen LogP contribution < -0.4 is 5.32 Å². The minimum atomic E-state index is -0.00413. The normalized spacial score (nSPS) is 11.2. The van der Waals surface area contributed by atoms with E-state index in [1.807, 2.05) is 36.7 Å². The van der Waals surface area contributed by atoms with Crippen molar-refractivity contribution in [1.82, 2.24) is 19.9 Å². The van der Waals surface area contributed by atoms with E-state index in [2.05, 4.69) is 25.2 Å². The summed E-state index contributed by atoms with van der Waals surface area (Å²) in [6, 6.07) is 8.01. The molecule has 0 fully saturated rings. The van der Waals surface area contributed by atoms with Crippen molar-refractivity contribution in [2.24, 2.45) is 0 Å². The zero-order chi connectivity index (χ0) is 16.1. The highest BCUT2D eigenvalue weighted by Crippen LogP contribution is 2.11. The summed E-state index contributed by atoms with van der Waals surface area (Å²) in [6.07, 6.45) is 2.97. The highest BCUT2D eigenvalue weighted by atomic mass is 32.1. The molecule has 0 saturated heterocycles. The van der Waals surface area contributed by atoms with Crippen LogP contribution in [0.3, 0.4) is 0 Å². The average Bonchev–Trinajstić information content (AvgIpc) is 3.19. The number of para-hydroxylation sites is 2. The van der Waals surface area contributed by atoms with Crippen LogP contribution in [0.5, 0.6) is 0 Å². The first-order chi connectivity index (χ1) is 11.2. The second-order valence-corrected chi connectivity index (χ2v) is 6.28. The number of H-pyrrole nitrogens is 1. The van der Waals surface area contributed by atoms with Crippen LogP contribution in [0.25, 0.3) is 11.0 Å². The first kappa shape index (κ1) is 15.6. The van der Waals surface area contributed by atoms with E-state index < -0.39 is 0 Å². The van der Waals surface area contributed by atoms with Gasteiger partial charge in [-0.3, -0.25) is 4.79 Å². The fourth-order valence-electron chi connectivity index (χ4n) is 2.29. The number of nitrogens with zero attached hydrogens (tertiary/aromatic N) is 3. The fourth-order valence-corrected chi connectivity index (χ4v) is 2.84. The zero-order valence-electron chi connectivity index (χ0n) is 13.0. The Balaban J connectivity index is 1.42. The Kier molecular flexibility index (Phi) is 4.99. The van der Waals surface area contributed by atoms with E-state index in [0.29, 0.717) is 18.1 Å². The quantitative estimate of drug-likeness (QED) is 0.698. The van der Waals surface area contributed by atoms with Gasteiger partial charge in [0.2, 0.25) is 5.91 Å². The van der Waals surface area contributed by atoms with Crippen LogP contribution in [0.1, 0.15) is 12.2 Å². The molecule has 7 heteroatoms. The number of thiazole rings is 1. The van der Waals surface area contributed by atoms with Gasteiger partial charge < -0.3 is 15.2 Å². The number of likely N-dealkylation sites (N-methyl/N-ethyl adjacent to an activating group) is 1. The van der Waals surface area contributed by atoms with Gasteiger partial charge in [-0.15, -0.1) is 11.3 Å². The molecule has 0 radical (unpaired) electrons. The predicted molar refractivity (Wildman–Crippen MR) is 92.7 cm³/mol. The van der Waals surface area contributed by atoms with Gasteiger partial charge in [-0.1, -0.05) is 12.1 Å². The van der Waals surface area contributed by atoms with E-state index in [-0.39, 0.29) is 5.91 Å². The molecule has 0 aliphatic heterocycles. The number of hydrogen-bond acceptors (Lipinski definition) is 5. The van der Waals surface area contributed by atoms with Crippen LogP contribution in [0.15, 0.2) is 35.8 Å². The number of aromatic amines is 1. The Bertz CT molecular complexity index is 735. The lowest BCUT2D eigenvalue weighted by Gasteiger charge is -2.15. The second kappa shape index (κ2) is 7.34. The number of carbonyl (C=O) groups is 1. The lowest BCUT2D eigenvalue weighted by atomic mass is 10.3. The number of aromatic nitrogens is 3. The minimum absolute atomic E-state index is 0.00413. The third-order valence-corrected chi connectivity index (χ3v) is 4.26. The minimum Gasteiger partial charge on any atom is -0.342 e. The van der Waals surface area contributed by atoms with Crippen LogP contribution in [0.2, 0.25) is 0 Å². The largest absolute Gasteiger partial charge is 0.342 e. The van der Waals surface area contributed by atoms with Gasteiger partial charge in [0.1, 0.15) is 5.82 Å². The van der Waals surface area contributed by atoms with Crippen LogP contribution >= 0.6 is 11.3 Å². The number of carbonyl (C=O) groups excluding carboxylic acids is 1. The highest BCUT2D eigenvalue weighted by molar-refractivity contribution is 7.13. The van der Waals surface area contributed by atoms with E-state index >= 15 is 0 Å². The van der Waals surface area contributed by atoms with Gasteiger partial charge in [0.15, 0.2) is 5.13 Å². The maximum atomic E-state index is 11.8. The summed E-state index contributed by atoms with van der Waals surface area (Å²) in [4.78, 5) is 25.9. The molecule has 3 rings (SSSR count). The summed E-state index contributed by atoms with van der Waals surface area (Å²) in [6.45, 7) is 1.56. The fraction of sp³-hybridized carbons (Fsp3) is 0.312. The Morgan fingerprint density at radius 2 is 2.22 bits per heavy atom. The molecule has 0 aliphatic rings. The summed E-state index contributed by atoms with van der Waals surface area (Å²) in [5.74, 6) is 0.973. The molecule has 23 heavy (non-hydrogen) atoms. The molecule has 0 bridgehead atoms. The van der Waals surface area contributed by atoms with Gasteiger partial charge in [0.05, 0.1) is 11.0 Å². The number of imidazole rings is 1. The Hall–Kier alpha value is -2.25. The maximum absolute atomic E-state index is 11.8. The van der Waals surface area contributed by atoms with Crippen LogP contribution in [-0.2, 0) is 11.2 Å². The molecule has 120 valence electrons. The molecular weight excluding hydrogens is 310 g/mol. The molecular formula is C16H19N5OS. The monoisotopic (exact) mass is 329 g/mol. The smallest absolute Gasteiger partial charge is 0.227 e. The Labute approximate surface area is 138 Å². The highest BCUT2D eigenvalue weighted by Gasteiger charge is 2.08. The number of fused-ring (bicyclic) bond motifs is 1. The van der Waals surface area contributed by atoms with E-state index in [4.69, 9.17) is 0 Å². The van der Waals surface area contributed by atoms with Crippen molar-refractivity contribution >= 4 is 33.4 Å². The summed E-state index contributed by atoms with van der Waals surface area (Å²) in [7, 11) is 2.01. The van der Waals surface area contributed by atoms with E-state index in [9.17, 15) is 4.79 Å². The van der Waals surface area contributed by atoms with Gasteiger partial charge in [-0.05, 0) is 19.2 Å². The molecule has 2 heterocycles. The summed E-state index contributed by atoms with van der Waals surface area (Å²) in [5, 5.41) is 5.29. The maximum Gasteiger partial charge on any atom is 0.227 e. The number of anilines is 1. The summed E-state index contributed by atoms with van der Waals surface area (Å²) >= 11 is 1.43. The third-order valence-electron chi connectivity index (χ3n) is 3.57. The molecule has 2 aromatic heterocycles. The summed E-state index contributed by atoms with van der Waals surface area (Å²) < 4.78 is 0. The van der Waals surface area contributed by atoms with Gasteiger partial charge in [-0.2, -0.15) is 0 Å². The molecule has 0 aliphatic carbocycles. The number of nitrogens with one attached hydrogen (secondary N) is 2. The van der Waals surface area contributed by atoms with E-state index in [0.717, 1.165) is 29.8 Å². The Morgan fingerprint density at radius 1 is 1.35 bits per heavy atom. The molecule has 0 saturated carbocycles. The first-order valence-electron chi connectivity index (χ1n) is 7.52. The van der Waals surface area contributed by atoms with Crippen LogP contribution in [0.4, 0.5) is 5.13 Å². The number of rotatable bonds is 7. The SMILES string of the molecule is CN(CCC(=O)Nc1nccs1)CCc1nc2ccccc2[nH]1. The molecule has 0 spiro atoms. The lowest BCUT2D eigenvalue weighted by molar-refractivity contribution is -0.116. The molecule has 2 N–H and O–H groups in total. The molecule has 1 aromatic carbocycles. The Morgan fingerprint density at radius 3 is 3.00 bits per heavy atom. The predicted octanol–water partition coefficient (Wildman–Crippen LogP) is 2.52. The molecule has 1 amide bonds. The third kappa shape index (κ3) is 4.37. The van der Waals surface area contributed by atoms with Crippen molar-refractivity contribution in [3.8, 4) is 0 Å². The van der Waals surface area contributed by atoms with Crippen molar-refractivity contribution in [1.29, 1.82) is 0 Å². The van der Waals surface area contributed by atoms with Crippen molar-refractivity contribution in [2.45, 2.75) is 12.8 Å². The molecule has 3 aromatic rings. The average molecular weight is 329 g/mol. The van der Waals surface area contributed by atoms with Gasteiger partial charge in [0.25, 0.3) is 0 Å². The summed E-state index contributed by atoms with van der Waals surface area (Å²) in [5.41, 5.74) is 2.06. The molecule has 0 atom stereocenters. The van der Waals surface area contributed by atoms with Crippen LogP contribution in [-0.4, -0.2) is 45.9 Å². The standard InChI is InChI=1S/C16H19N5OS/c1-21(10-7-15(22)20-16-17-8-11-23-16)9-6-14-18-12-4-2-3-5-13(12)19-14/h2-5,8,11H,6-7,9-10H2,1H3,(H,18,19)(H,17,20,22). The number of hydrogen-bond donors (Lipinski definition) is 2. The van der Waals surface area contributed by atoms with Crippen LogP contribution in [0, 0.1) is 0 Å². The first-order valence-corrected chi connectivity index (χ1v) is 8.40. The van der Waals surface area contributed by atoms with E-state index in [1.54, 1.807) is 6.20 Å². The second-order valence-electron chi connectivity index (χ2n) is 5.39. The number of benzene rings is 1. The van der Waals surface area contributed by atoms with Crippen molar-refractivity contribution in [3.63, 3.8) is 0 Å². The zero-order valence-corrected chi connectivity index (χ0v) is 13.8. The lowest BCUT2D eigenvalue weighted by Crippen LogP contribution is -2.26. The van der Waals surface area contributed by atoms with Gasteiger partial charge in [0, 0.05) is 37.5 Å². The van der Waals surface area contributed by atoms with E-state index in [1.165, 1.54) is 11.3 Å². The molecule has 0 unspecified atom stereocenters.